The van der Waals surface area contributed by atoms with Crippen LogP contribution in [0.1, 0.15) is 18.4 Å². The predicted octanol–water partition coefficient (Wildman–Crippen LogP) is 1.13. The largest absolute Gasteiger partial charge is 0.385 e. The summed E-state index contributed by atoms with van der Waals surface area (Å²) in [6, 6.07) is 0. The zero-order chi connectivity index (χ0) is 10.0. The van der Waals surface area contributed by atoms with Crippen molar-refractivity contribution in [2.45, 2.75) is 18.4 Å². The van der Waals surface area contributed by atoms with Gasteiger partial charge in [-0.25, -0.2) is 9.97 Å². The van der Waals surface area contributed by atoms with Crippen LogP contribution in [0.25, 0.3) is 0 Å². The Morgan fingerprint density at radius 1 is 1.29 bits per heavy atom. The number of ether oxygens (including phenoxy) is 1. The molecule has 76 valence electrons. The lowest BCUT2D eigenvalue weighted by Gasteiger charge is -2.31. The number of hydrogen-bond acceptors (Lipinski definition) is 4. The Bertz CT molecular complexity index is 309. The van der Waals surface area contributed by atoms with E-state index in [0.717, 1.165) is 0 Å². The summed E-state index contributed by atoms with van der Waals surface area (Å²) in [5.41, 5.74) is -0.131. The topological polar surface area (TPSA) is 55.2 Å². The van der Waals surface area contributed by atoms with Crippen molar-refractivity contribution in [2.75, 3.05) is 13.2 Å². The van der Waals surface area contributed by atoms with Crippen LogP contribution in [0.4, 0.5) is 0 Å². The minimum Gasteiger partial charge on any atom is -0.385 e. The highest BCUT2D eigenvalue weighted by Gasteiger charge is 2.32. The van der Waals surface area contributed by atoms with Gasteiger partial charge in [0.05, 0.1) is 5.60 Å². The normalized spacial score (nSPS) is 20.7. The summed E-state index contributed by atoms with van der Waals surface area (Å²) in [4.78, 5) is 7.71. The van der Waals surface area contributed by atoms with E-state index in [-0.39, 0.29) is 5.28 Å². The smallest absolute Gasteiger partial charge is 0.222 e. The van der Waals surface area contributed by atoms with Crippen LogP contribution in [0.2, 0.25) is 5.28 Å². The van der Waals surface area contributed by atoms with E-state index in [0.29, 0.717) is 31.6 Å². The molecular formula is C9H11ClN2O2. The molecule has 1 aromatic rings. The highest BCUT2D eigenvalue weighted by Crippen LogP contribution is 2.30. The van der Waals surface area contributed by atoms with Gasteiger partial charge in [-0.3, -0.25) is 0 Å². The molecule has 0 amide bonds. The zero-order valence-corrected chi connectivity index (χ0v) is 8.37. The van der Waals surface area contributed by atoms with Gasteiger partial charge in [-0.15, -0.1) is 0 Å². The first-order valence-electron chi connectivity index (χ1n) is 4.49. The fraction of sp³-hybridized carbons (Fsp3) is 0.556. The van der Waals surface area contributed by atoms with E-state index >= 15 is 0 Å². The van der Waals surface area contributed by atoms with Gasteiger partial charge < -0.3 is 9.84 Å². The molecule has 0 aliphatic carbocycles. The molecule has 1 aliphatic rings. The fourth-order valence-electron chi connectivity index (χ4n) is 1.55. The lowest BCUT2D eigenvalue weighted by molar-refractivity contribution is -0.0682. The predicted molar refractivity (Wildman–Crippen MR) is 51.0 cm³/mol. The number of rotatable bonds is 1. The summed E-state index contributed by atoms with van der Waals surface area (Å²) in [6.07, 6.45) is 4.30. The molecule has 0 bridgehead atoms. The molecule has 1 aliphatic heterocycles. The van der Waals surface area contributed by atoms with E-state index < -0.39 is 5.60 Å². The van der Waals surface area contributed by atoms with Gasteiger partial charge in [0.15, 0.2) is 0 Å². The standard InChI is InChI=1S/C9H11ClN2O2/c10-8-11-5-7(6-12-8)9(13)1-3-14-4-2-9/h5-6,13H,1-4H2. The van der Waals surface area contributed by atoms with Gasteiger partial charge in [0.25, 0.3) is 0 Å². The van der Waals surface area contributed by atoms with Gasteiger partial charge >= 0.3 is 0 Å². The van der Waals surface area contributed by atoms with Crippen LogP contribution in [0.5, 0.6) is 0 Å². The molecule has 0 aromatic carbocycles. The molecule has 1 N–H and O–H groups in total. The van der Waals surface area contributed by atoms with Gasteiger partial charge in [-0.05, 0) is 11.6 Å². The zero-order valence-electron chi connectivity index (χ0n) is 7.61. The Hall–Kier alpha value is -0.710. The van der Waals surface area contributed by atoms with E-state index in [2.05, 4.69) is 9.97 Å². The summed E-state index contributed by atoms with van der Waals surface area (Å²) >= 11 is 5.57. The summed E-state index contributed by atoms with van der Waals surface area (Å²) in [5, 5.41) is 10.4. The quantitative estimate of drug-likeness (QED) is 0.712. The lowest BCUT2D eigenvalue weighted by atomic mass is 9.88. The summed E-state index contributed by atoms with van der Waals surface area (Å²) in [6.45, 7) is 1.14. The molecule has 0 unspecified atom stereocenters. The molecule has 2 heterocycles. The molecule has 1 aromatic heterocycles. The average molecular weight is 215 g/mol. The van der Waals surface area contributed by atoms with E-state index in [1.807, 2.05) is 0 Å². The third-order valence-corrected chi connectivity index (χ3v) is 2.67. The molecule has 0 saturated carbocycles. The molecule has 14 heavy (non-hydrogen) atoms. The molecule has 2 rings (SSSR count). The first-order chi connectivity index (χ1) is 6.71. The molecule has 4 nitrogen and oxygen atoms in total. The van der Waals surface area contributed by atoms with E-state index in [1.54, 1.807) is 12.4 Å². The number of aromatic nitrogens is 2. The van der Waals surface area contributed by atoms with Crippen molar-refractivity contribution in [2.24, 2.45) is 0 Å². The summed E-state index contributed by atoms with van der Waals surface area (Å²) in [5.74, 6) is 0. The van der Waals surface area contributed by atoms with Crippen LogP contribution >= 0.6 is 11.6 Å². The van der Waals surface area contributed by atoms with Crippen molar-refractivity contribution in [3.63, 3.8) is 0 Å². The van der Waals surface area contributed by atoms with Crippen LogP contribution in [0, 0.1) is 0 Å². The van der Waals surface area contributed by atoms with E-state index in [1.165, 1.54) is 0 Å². The Kier molecular flexibility index (Phi) is 2.67. The molecular weight excluding hydrogens is 204 g/mol. The first kappa shape index (κ1) is 9.83. The molecule has 5 heteroatoms. The second-order valence-corrected chi connectivity index (χ2v) is 3.72. The first-order valence-corrected chi connectivity index (χ1v) is 4.87. The Morgan fingerprint density at radius 3 is 2.43 bits per heavy atom. The van der Waals surface area contributed by atoms with E-state index in [9.17, 15) is 5.11 Å². The Labute approximate surface area is 86.9 Å². The van der Waals surface area contributed by atoms with Crippen molar-refractivity contribution < 1.29 is 9.84 Å². The van der Waals surface area contributed by atoms with E-state index in [4.69, 9.17) is 16.3 Å². The Balaban J connectivity index is 2.23. The van der Waals surface area contributed by atoms with Crippen LogP contribution in [0.15, 0.2) is 12.4 Å². The van der Waals surface area contributed by atoms with Gasteiger partial charge in [0.2, 0.25) is 5.28 Å². The molecule has 1 saturated heterocycles. The molecule has 0 atom stereocenters. The second kappa shape index (κ2) is 3.81. The number of halogens is 1. The van der Waals surface area contributed by atoms with Gasteiger partial charge in [-0.1, -0.05) is 0 Å². The highest BCUT2D eigenvalue weighted by atomic mass is 35.5. The highest BCUT2D eigenvalue weighted by molar-refractivity contribution is 6.28. The van der Waals surface area contributed by atoms with Gasteiger partial charge in [-0.2, -0.15) is 0 Å². The third-order valence-electron chi connectivity index (χ3n) is 2.48. The van der Waals surface area contributed by atoms with Crippen LogP contribution in [0.3, 0.4) is 0 Å². The maximum Gasteiger partial charge on any atom is 0.222 e. The number of hydrogen-bond donors (Lipinski definition) is 1. The summed E-state index contributed by atoms with van der Waals surface area (Å²) in [7, 11) is 0. The maximum atomic E-state index is 10.2. The SMILES string of the molecule is OC1(c2cnc(Cl)nc2)CCOCC1. The van der Waals surface area contributed by atoms with Gasteiger partial charge in [0, 0.05) is 44.0 Å². The van der Waals surface area contributed by atoms with Crippen molar-refractivity contribution in [1.82, 2.24) is 9.97 Å². The van der Waals surface area contributed by atoms with Crippen LogP contribution < -0.4 is 0 Å². The van der Waals surface area contributed by atoms with Crippen molar-refractivity contribution in [3.8, 4) is 0 Å². The van der Waals surface area contributed by atoms with Crippen molar-refractivity contribution in [1.29, 1.82) is 0 Å². The minimum atomic E-state index is -0.844. The van der Waals surface area contributed by atoms with Crippen LogP contribution in [-0.4, -0.2) is 28.3 Å². The maximum absolute atomic E-state index is 10.2. The Morgan fingerprint density at radius 2 is 1.86 bits per heavy atom. The molecule has 1 fully saturated rings. The fourth-order valence-corrected chi connectivity index (χ4v) is 1.65. The molecule has 0 radical (unpaired) electrons. The minimum absolute atomic E-state index is 0.199. The van der Waals surface area contributed by atoms with Crippen LogP contribution in [-0.2, 0) is 10.3 Å². The summed E-state index contributed by atoms with van der Waals surface area (Å²) < 4.78 is 5.18. The van der Waals surface area contributed by atoms with Crippen molar-refractivity contribution >= 4 is 11.6 Å². The number of aliphatic hydroxyl groups is 1. The average Bonchev–Trinajstić information content (AvgIpc) is 2.19. The van der Waals surface area contributed by atoms with Gasteiger partial charge in [0.1, 0.15) is 0 Å². The molecule has 0 spiro atoms. The number of nitrogens with zero attached hydrogens (tertiary/aromatic N) is 2. The van der Waals surface area contributed by atoms with Crippen molar-refractivity contribution in [3.05, 3.63) is 23.2 Å². The lowest BCUT2D eigenvalue weighted by Crippen LogP contribution is -2.33. The monoisotopic (exact) mass is 214 g/mol. The second-order valence-electron chi connectivity index (χ2n) is 3.38. The third kappa shape index (κ3) is 1.87.